The SMILES string of the molecule is CC12CC(CS(=O)NC(=O)Nc3c4c(cc5c3CCC5)CCC4)C(N)CC3C1C32C. The summed E-state index contributed by atoms with van der Waals surface area (Å²) in [5, 5.41) is 3.09. The first-order valence-corrected chi connectivity index (χ1v) is 13.0. The fourth-order valence-corrected chi connectivity index (χ4v) is 8.95. The van der Waals surface area contributed by atoms with Crippen LogP contribution in [0, 0.1) is 28.6 Å². The summed E-state index contributed by atoms with van der Waals surface area (Å²) in [4.78, 5) is 12.8. The molecule has 0 heterocycles. The third-order valence-corrected chi connectivity index (χ3v) is 10.8. The number of aryl methyl sites for hydroxylation is 2. The fourth-order valence-electron chi connectivity index (χ4n) is 7.86. The van der Waals surface area contributed by atoms with E-state index >= 15 is 0 Å². The van der Waals surface area contributed by atoms with Crippen LogP contribution in [0.15, 0.2) is 6.07 Å². The van der Waals surface area contributed by atoms with Crippen LogP contribution in [-0.4, -0.2) is 22.0 Å². The Bertz CT molecular complexity index is 945. The highest BCUT2D eigenvalue weighted by Crippen LogP contribution is 2.94. The molecule has 7 unspecified atom stereocenters. The van der Waals surface area contributed by atoms with E-state index in [1.807, 2.05) is 0 Å². The van der Waals surface area contributed by atoms with Gasteiger partial charge in [0.15, 0.2) is 0 Å². The highest BCUT2D eigenvalue weighted by Gasteiger charge is 2.90. The van der Waals surface area contributed by atoms with Gasteiger partial charge in [-0.15, -0.1) is 0 Å². The first-order chi connectivity index (χ1) is 14.3. The third kappa shape index (κ3) is 2.56. The quantitative estimate of drug-likeness (QED) is 0.688. The minimum atomic E-state index is -1.41. The molecule has 6 heteroatoms. The number of benzene rings is 1. The van der Waals surface area contributed by atoms with Gasteiger partial charge in [-0.1, -0.05) is 19.9 Å². The summed E-state index contributed by atoms with van der Waals surface area (Å²) in [6.45, 7) is 4.77. The summed E-state index contributed by atoms with van der Waals surface area (Å²) in [5.74, 6) is 2.28. The molecule has 2 amide bonds. The first kappa shape index (κ1) is 19.3. The molecule has 1 aromatic rings. The van der Waals surface area contributed by atoms with E-state index in [0.29, 0.717) is 16.6 Å². The van der Waals surface area contributed by atoms with Crippen molar-refractivity contribution >= 4 is 22.7 Å². The van der Waals surface area contributed by atoms with Gasteiger partial charge < -0.3 is 11.1 Å². The normalized spacial score (nSPS) is 40.6. The molecule has 6 aliphatic carbocycles. The summed E-state index contributed by atoms with van der Waals surface area (Å²) in [6.07, 6.45) is 8.65. The zero-order valence-electron chi connectivity index (χ0n) is 18.1. The predicted octanol–water partition coefficient (Wildman–Crippen LogP) is 3.46. The lowest BCUT2D eigenvalue weighted by molar-refractivity contribution is 0.252. The van der Waals surface area contributed by atoms with Crippen molar-refractivity contribution in [2.45, 2.75) is 71.3 Å². The fraction of sp³-hybridized carbons (Fsp3) is 0.708. The molecule has 7 rings (SSSR count). The van der Waals surface area contributed by atoms with E-state index in [1.165, 1.54) is 22.3 Å². The van der Waals surface area contributed by atoms with Crippen molar-refractivity contribution in [3.8, 4) is 0 Å². The van der Waals surface area contributed by atoms with E-state index in [4.69, 9.17) is 5.73 Å². The second-order valence-corrected chi connectivity index (χ2v) is 12.2. The first-order valence-electron chi connectivity index (χ1n) is 11.7. The molecule has 30 heavy (non-hydrogen) atoms. The van der Waals surface area contributed by atoms with Crippen molar-refractivity contribution in [1.82, 2.24) is 4.72 Å². The van der Waals surface area contributed by atoms with Gasteiger partial charge in [0.05, 0.1) is 0 Å². The van der Waals surface area contributed by atoms with E-state index in [0.717, 1.165) is 68.9 Å². The summed E-state index contributed by atoms with van der Waals surface area (Å²) in [6, 6.07) is 2.12. The molecule has 0 radical (unpaired) electrons. The standard InChI is InChI=1S/C24H33N3O2S/c1-23-11-15(19(25)10-18-21(23)24(18,23)2)12-30(29)27-22(28)26-20-16-7-3-5-13(16)9-14-6-4-8-17(14)20/h9,15,18-19,21H,3-8,10-12,25H2,1-2H3,(H2,26,27,28). The van der Waals surface area contributed by atoms with Crippen LogP contribution < -0.4 is 15.8 Å². The van der Waals surface area contributed by atoms with Crippen LogP contribution in [0.3, 0.4) is 0 Å². The zero-order chi connectivity index (χ0) is 20.8. The largest absolute Gasteiger partial charge is 0.331 e. The molecule has 4 N–H and O–H groups in total. The van der Waals surface area contributed by atoms with Crippen LogP contribution in [0.5, 0.6) is 0 Å². The Kier molecular flexibility index (Phi) is 4.06. The lowest BCUT2D eigenvalue weighted by atomic mass is 9.81. The average Bonchev–Trinajstić information content (AvgIpc) is 3.22. The third-order valence-electron chi connectivity index (χ3n) is 9.64. The molecular weight excluding hydrogens is 394 g/mol. The van der Waals surface area contributed by atoms with Crippen molar-refractivity contribution in [2.24, 2.45) is 34.3 Å². The van der Waals surface area contributed by atoms with Crippen LogP contribution in [-0.2, 0) is 36.7 Å². The van der Waals surface area contributed by atoms with Gasteiger partial charge in [0, 0.05) is 17.5 Å². The Morgan fingerprint density at radius 3 is 2.43 bits per heavy atom. The van der Waals surface area contributed by atoms with Gasteiger partial charge in [-0.25, -0.2) is 9.00 Å². The molecule has 0 saturated heterocycles. The molecule has 2 bridgehead atoms. The van der Waals surface area contributed by atoms with Crippen LogP contribution in [0.25, 0.3) is 0 Å². The molecule has 0 aromatic heterocycles. The predicted molar refractivity (Wildman–Crippen MR) is 120 cm³/mol. The van der Waals surface area contributed by atoms with Crippen molar-refractivity contribution in [1.29, 1.82) is 0 Å². The van der Waals surface area contributed by atoms with Crippen LogP contribution >= 0.6 is 0 Å². The van der Waals surface area contributed by atoms with Gasteiger partial charge in [-0.2, -0.15) is 0 Å². The number of carbonyl (C=O) groups is 1. The Labute approximate surface area is 181 Å². The monoisotopic (exact) mass is 427 g/mol. The number of anilines is 1. The molecule has 162 valence electrons. The number of fused-ring (bicyclic) bond motifs is 5. The van der Waals surface area contributed by atoms with Gasteiger partial charge in [-0.05, 0) is 102 Å². The highest BCUT2D eigenvalue weighted by atomic mass is 32.2. The molecule has 4 fully saturated rings. The lowest BCUT2D eigenvalue weighted by Crippen LogP contribution is -2.39. The highest BCUT2D eigenvalue weighted by molar-refractivity contribution is 7.83. The number of hydrogen-bond acceptors (Lipinski definition) is 3. The Morgan fingerprint density at radius 1 is 1.17 bits per heavy atom. The molecular formula is C24H33N3O2S. The molecule has 4 saturated carbocycles. The number of rotatable bonds is 4. The maximum Gasteiger partial charge on any atom is 0.331 e. The van der Waals surface area contributed by atoms with Gasteiger partial charge in [0.25, 0.3) is 0 Å². The van der Waals surface area contributed by atoms with E-state index in [2.05, 4.69) is 30.0 Å². The van der Waals surface area contributed by atoms with Crippen molar-refractivity contribution in [2.75, 3.05) is 11.1 Å². The Morgan fingerprint density at radius 2 is 1.80 bits per heavy atom. The van der Waals surface area contributed by atoms with E-state index in [-0.39, 0.29) is 18.0 Å². The number of amides is 2. The molecule has 7 atom stereocenters. The number of carbonyl (C=O) groups excluding carboxylic acids is 1. The van der Waals surface area contributed by atoms with Crippen molar-refractivity contribution in [3.63, 3.8) is 0 Å². The van der Waals surface area contributed by atoms with Gasteiger partial charge in [-0.3, -0.25) is 4.72 Å². The number of hydrogen-bond donors (Lipinski definition) is 3. The smallest absolute Gasteiger partial charge is 0.327 e. The van der Waals surface area contributed by atoms with Gasteiger partial charge in [0.2, 0.25) is 0 Å². The molecule has 5 nitrogen and oxygen atoms in total. The Balaban J connectivity index is 1.12. The summed E-state index contributed by atoms with van der Waals surface area (Å²) < 4.78 is 15.6. The van der Waals surface area contributed by atoms with E-state index in [9.17, 15) is 9.00 Å². The molecule has 1 aromatic carbocycles. The van der Waals surface area contributed by atoms with Crippen LogP contribution in [0.1, 0.15) is 61.8 Å². The van der Waals surface area contributed by atoms with Crippen LogP contribution in [0.4, 0.5) is 10.5 Å². The Hall–Kier alpha value is -1.40. The summed E-state index contributed by atoms with van der Waals surface area (Å²) in [5.41, 5.74) is 13.7. The summed E-state index contributed by atoms with van der Waals surface area (Å²) >= 11 is 0. The maximum atomic E-state index is 12.8. The number of urea groups is 1. The minimum absolute atomic E-state index is 0.0955. The van der Waals surface area contributed by atoms with E-state index in [1.54, 1.807) is 0 Å². The maximum absolute atomic E-state index is 12.8. The second-order valence-electron chi connectivity index (χ2n) is 11.0. The molecule has 6 aliphatic rings. The van der Waals surface area contributed by atoms with Crippen LogP contribution in [0.2, 0.25) is 0 Å². The van der Waals surface area contributed by atoms with Gasteiger partial charge >= 0.3 is 6.03 Å². The van der Waals surface area contributed by atoms with Crippen molar-refractivity contribution < 1.29 is 9.00 Å². The topological polar surface area (TPSA) is 84.2 Å². The number of nitrogens with one attached hydrogen (secondary N) is 2. The lowest BCUT2D eigenvalue weighted by Gasteiger charge is -2.25. The second kappa shape index (κ2) is 6.32. The molecule has 0 aliphatic heterocycles. The van der Waals surface area contributed by atoms with E-state index < -0.39 is 11.0 Å². The zero-order valence-corrected chi connectivity index (χ0v) is 18.9. The number of nitrogens with two attached hydrogens (primary N) is 1. The van der Waals surface area contributed by atoms with Crippen molar-refractivity contribution in [3.05, 3.63) is 28.3 Å². The van der Waals surface area contributed by atoms with Gasteiger partial charge in [0.1, 0.15) is 11.0 Å². The average molecular weight is 428 g/mol. The summed E-state index contributed by atoms with van der Waals surface area (Å²) in [7, 11) is -1.41. The minimum Gasteiger partial charge on any atom is -0.327 e. The molecule has 0 spiro atoms.